The van der Waals surface area contributed by atoms with E-state index in [9.17, 15) is 9.59 Å². The molecule has 1 fully saturated rings. The summed E-state index contributed by atoms with van der Waals surface area (Å²) < 4.78 is 10.4. The predicted octanol–water partition coefficient (Wildman–Crippen LogP) is 2.08. The molecule has 4 heterocycles. The summed E-state index contributed by atoms with van der Waals surface area (Å²) >= 11 is 0. The quantitative estimate of drug-likeness (QED) is 0.644. The lowest BCUT2D eigenvalue weighted by Crippen LogP contribution is -2.54. The van der Waals surface area contributed by atoms with Gasteiger partial charge >= 0.3 is 5.97 Å². The van der Waals surface area contributed by atoms with Crippen molar-refractivity contribution in [3.8, 4) is 5.88 Å². The fourth-order valence-electron chi connectivity index (χ4n) is 4.11. The normalized spacial score (nSPS) is 23.6. The summed E-state index contributed by atoms with van der Waals surface area (Å²) in [5.41, 5.74) is 2.50. The summed E-state index contributed by atoms with van der Waals surface area (Å²) in [6.45, 7) is 2.49. The van der Waals surface area contributed by atoms with E-state index in [-0.39, 0.29) is 30.3 Å². The van der Waals surface area contributed by atoms with Crippen molar-refractivity contribution in [2.24, 2.45) is 11.8 Å². The number of hydrogen-bond donors (Lipinski definition) is 1. The molecule has 7 nitrogen and oxygen atoms in total. The Hall–Kier alpha value is -2.83. The molecule has 0 spiro atoms. The van der Waals surface area contributed by atoms with Crippen LogP contribution in [0, 0.1) is 11.8 Å². The van der Waals surface area contributed by atoms with Gasteiger partial charge in [0.05, 0.1) is 37.2 Å². The van der Waals surface area contributed by atoms with Crippen LogP contribution in [0.5, 0.6) is 5.88 Å². The minimum Gasteiger partial charge on any atom is -0.481 e. The number of nitrogens with zero attached hydrogens (tertiary/aromatic N) is 2. The molecule has 5 rings (SSSR count). The molecule has 0 aromatic carbocycles. The van der Waals surface area contributed by atoms with Crippen LogP contribution in [0.4, 0.5) is 0 Å². The summed E-state index contributed by atoms with van der Waals surface area (Å²) in [6.07, 6.45) is 7.32. The minimum atomic E-state index is -0.280. The van der Waals surface area contributed by atoms with Gasteiger partial charge in [0.25, 0.3) is 0 Å². The van der Waals surface area contributed by atoms with Crippen LogP contribution in [-0.4, -0.2) is 53.0 Å². The first kappa shape index (κ1) is 17.6. The number of hydrogen-bond acceptors (Lipinski definition) is 5. The number of aromatic amines is 1. The van der Waals surface area contributed by atoms with Crippen LogP contribution in [0.1, 0.15) is 18.9 Å². The molecule has 2 aromatic rings. The van der Waals surface area contributed by atoms with Gasteiger partial charge in [-0.25, -0.2) is 4.98 Å². The zero-order valence-corrected chi connectivity index (χ0v) is 15.5. The van der Waals surface area contributed by atoms with E-state index in [0.717, 1.165) is 29.6 Å². The number of esters is 1. The molecule has 1 saturated heterocycles. The van der Waals surface area contributed by atoms with Crippen LogP contribution in [0.15, 0.2) is 30.5 Å². The molecule has 1 N–H and O–H groups in total. The maximum absolute atomic E-state index is 13.0. The Morgan fingerprint density at radius 3 is 2.93 bits per heavy atom. The third-order valence-corrected chi connectivity index (χ3v) is 5.41. The van der Waals surface area contributed by atoms with E-state index in [1.807, 2.05) is 17.2 Å². The highest BCUT2D eigenvalue weighted by molar-refractivity contribution is 5.87. The highest BCUT2D eigenvalue weighted by Crippen LogP contribution is 2.35. The van der Waals surface area contributed by atoms with Crippen molar-refractivity contribution in [3.63, 3.8) is 0 Å². The first-order valence-electron chi connectivity index (χ1n) is 9.17. The number of fused-ring (bicyclic) bond motifs is 3. The molecular weight excluding hydrogens is 346 g/mol. The van der Waals surface area contributed by atoms with Crippen molar-refractivity contribution >= 4 is 22.9 Å². The van der Waals surface area contributed by atoms with Gasteiger partial charge in [-0.1, -0.05) is 12.2 Å². The van der Waals surface area contributed by atoms with Crippen LogP contribution >= 0.6 is 0 Å². The zero-order valence-electron chi connectivity index (χ0n) is 15.5. The average molecular weight is 369 g/mol. The number of carbonyl (C=O) groups is 2. The molecule has 7 heteroatoms. The Bertz CT molecular complexity index is 904. The standard InChI is InChI=1S/C20H23N3O4/c1-12(24)27-11-15-7-13-3-5-17(15)23(10-13)19(25)8-14-9-21-16-4-6-18(26-2)22-20(14)16/h3-6,9,13,15,17,21H,7-8,10-11H2,1-2H3. The molecule has 3 atom stereocenters. The number of pyridine rings is 1. The Labute approximate surface area is 157 Å². The number of H-pyrrole nitrogens is 1. The third-order valence-electron chi connectivity index (χ3n) is 5.41. The van der Waals surface area contributed by atoms with Gasteiger partial charge in [0, 0.05) is 37.2 Å². The molecule has 0 saturated carbocycles. The first-order valence-corrected chi connectivity index (χ1v) is 9.17. The molecule has 3 unspecified atom stereocenters. The monoisotopic (exact) mass is 369 g/mol. The number of piperidine rings is 1. The van der Waals surface area contributed by atoms with Crippen molar-refractivity contribution < 1.29 is 19.1 Å². The molecule has 1 amide bonds. The van der Waals surface area contributed by atoms with Crippen molar-refractivity contribution in [1.29, 1.82) is 0 Å². The van der Waals surface area contributed by atoms with Crippen molar-refractivity contribution in [2.75, 3.05) is 20.3 Å². The largest absolute Gasteiger partial charge is 0.481 e. The summed E-state index contributed by atoms with van der Waals surface area (Å²) in [6, 6.07) is 3.67. The fraction of sp³-hybridized carbons (Fsp3) is 0.450. The Balaban J connectivity index is 1.51. The minimum absolute atomic E-state index is 0.0189. The van der Waals surface area contributed by atoms with E-state index in [1.165, 1.54) is 6.92 Å². The van der Waals surface area contributed by atoms with Crippen molar-refractivity contribution in [3.05, 3.63) is 36.0 Å². The number of ether oxygens (including phenoxy) is 2. The second-order valence-corrected chi connectivity index (χ2v) is 7.22. The lowest BCUT2D eigenvalue weighted by molar-refractivity contribution is -0.145. The smallest absolute Gasteiger partial charge is 0.302 e. The molecule has 142 valence electrons. The summed E-state index contributed by atoms with van der Waals surface area (Å²) in [5.74, 6) is 0.783. The summed E-state index contributed by atoms with van der Waals surface area (Å²) in [5, 5.41) is 0. The number of carbonyl (C=O) groups excluding carboxylic acids is 2. The zero-order chi connectivity index (χ0) is 19.0. The van der Waals surface area contributed by atoms with Gasteiger partial charge in [-0.2, -0.15) is 0 Å². The molecule has 0 radical (unpaired) electrons. The topological polar surface area (TPSA) is 84.5 Å². The molecule has 2 bridgehead atoms. The molecule has 2 aliphatic heterocycles. The van der Waals surface area contributed by atoms with Crippen LogP contribution in [0.25, 0.3) is 11.0 Å². The van der Waals surface area contributed by atoms with E-state index in [2.05, 4.69) is 22.1 Å². The Kier molecular flexibility index (Phi) is 4.59. The van der Waals surface area contributed by atoms with E-state index >= 15 is 0 Å². The molecular formula is C20H23N3O4. The highest BCUT2D eigenvalue weighted by atomic mass is 16.5. The SMILES string of the molecule is COc1ccc2[nH]cc(CC(=O)N3CC4C=CC3C(COC(C)=O)C4)c2n1. The van der Waals surface area contributed by atoms with E-state index < -0.39 is 0 Å². The van der Waals surface area contributed by atoms with E-state index in [0.29, 0.717) is 18.4 Å². The number of methoxy groups -OCH3 is 1. The Morgan fingerprint density at radius 2 is 2.19 bits per heavy atom. The fourth-order valence-corrected chi connectivity index (χ4v) is 4.11. The highest BCUT2D eigenvalue weighted by Gasteiger charge is 2.40. The second kappa shape index (κ2) is 7.06. The lowest BCUT2D eigenvalue weighted by Gasteiger charge is -2.46. The Morgan fingerprint density at radius 1 is 1.33 bits per heavy atom. The number of nitrogens with one attached hydrogen (secondary N) is 1. The number of aromatic nitrogens is 2. The van der Waals surface area contributed by atoms with Crippen LogP contribution in [0.3, 0.4) is 0 Å². The molecule has 3 aliphatic rings. The van der Waals surface area contributed by atoms with Crippen LogP contribution in [0.2, 0.25) is 0 Å². The third kappa shape index (κ3) is 3.41. The second-order valence-electron chi connectivity index (χ2n) is 7.22. The maximum atomic E-state index is 13.0. The lowest BCUT2D eigenvalue weighted by atomic mass is 9.78. The molecule has 27 heavy (non-hydrogen) atoms. The molecule has 2 aromatic heterocycles. The average Bonchev–Trinajstić information content (AvgIpc) is 3.08. The van der Waals surface area contributed by atoms with Gasteiger partial charge in [0.2, 0.25) is 11.8 Å². The summed E-state index contributed by atoms with van der Waals surface area (Å²) in [7, 11) is 1.58. The van der Waals surface area contributed by atoms with Gasteiger partial charge in [-0.3, -0.25) is 9.59 Å². The van der Waals surface area contributed by atoms with Gasteiger partial charge in [0.1, 0.15) is 0 Å². The van der Waals surface area contributed by atoms with Gasteiger partial charge < -0.3 is 19.4 Å². The van der Waals surface area contributed by atoms with Gasteiger partial charge in [0.15, 0.2) is 0 Å². The number of rotatable bonds is 5. The van der Waals surface area contributed by atoms with Gasteiger partial charge in [-0.15, -0.1) is 0 Å². The molecule has 1 aliphatic carbocycles. The van der Waals surface area contributed by atoms with Crippen LogP contribution in [-0.2, 0) is 20.7 Å². The summed E-state index contributed by atoms with van der Waals surface area (Å²) in [4.78, 5) is 33.8. The predicted molar refractivity (Wildman–Crippen MR) is 99.2 cm³/mol. The van der Waals surface area contributed by atoms with Crippen LogP contribution < -0.4 is 4.74 Å². The number of amides is 1. The van der Waals surface area contributed by atoms with Gasteiger partial charge in [-0.05, 0) is 18.4 Å². The van der Waals surface area contributed by atoms with Crippen molar-refractivity contribution in [2.45, 2.75) is 25.8 Å². The van der Waals surface area contributed by atoms with E-state index in [4.69, 9.17) is 9.47 Å². The first-order chi connectivity index (χ1) is 13.0. The maximum Gasteiger partial charge on any atom is 0.302 e. The van der Waals surface area contributed by atoms with E-state index in [1.54, 1.807) is 13.2 Å². The van der Waals surface area contributed by atoms with Crippen molar-refractivity contribution in [1.82, 2.24) is 14.9 Å².